The number of benzene rings is 1. The molecule has 4 heteroatoms. The van der Waals surface area contributed by atoms with Crippen molar-refractivity contribution in [2.24, 2.45) is 34.5 Å². The molecule has 0 amide bonds. The van der Waals surface area contributed by atoms with Crippen LogP contribution in [0.4, 0.5) is 0 Å². The Morgan fingerprint density at radius 2 is 1.81 bits per heavy atom. The number of hydrogen-bond donors (Lipinski definition) is 0. The standard InChI is InChI=1S/C27H37BrO3/c1-6-31-25(30)19-10-7-18(8-11-19)9-12-20-16-23-22(15-21(20)13-14-28)26(2,3)17-24(29)27(23,4)5/h7-12,20-23H,6,13-17H2,1-5H3. The largest absolute Gasteiger partial charge is 0.462 e. The van der Waals surface area contributed by atoms with Crippen molar-refractivity contribution in [1.29, 1.82) is 0 Å². The molecule has 4 unspecified atom stereocenters. The predicted molar refractivity (Wildman–Crippen MR) is 130 cm³/mol. The second kappa shape index (κ2) is 9.60. The quantitative estimate of drug-likeness (QED) is 0.321. The van der Waals surface area contributed by atoms with E-state index < -0.39 is 0 Å². The summed E-state index contributed by atoms with van der Waals surface area (Å²) in [7, 11) is 0. The Hall–Kier alpha value is -1.42. The molecular weight excluding hydrogens is 452 g/mol. The lowest BCUT2D eigenvalue weighted by atomic mass is 9.47. The van der Waals surface area contributed by atoms with Gasteiger partial charge in [0.2, 0.25) is 0 Å². The molecular formula is C27H37BrO3. The maximum absolute atomic E-state index is 12.9. The van der Waals surface area contributed by atoms with Gasteiger partial charge in [0, 0.05) is 17.2 Å². The van der Waals surface area contributed by atoms with Crippen LogP contribution in [0.2, 0.25) is 0 Å². The fraction of sp³-hybridized carbons (Fsp3) is 0.630. The van der Waals surface area contributed by atoms with Gasteiger partial charge in [0.15, 0.2) is 0 Å². The number of alkyl halides is 1. The summed E-state index contributed by atoms with van der Waals surface area (Å²) in [5.74, 6) is 2.26. The lowest BCUT2D eigenvalue weighted by Crippen LogP contribution is -2.53. The second-order valence-electron chi connectivity index (χ2n) is 10.6. The van der Waals surface area contributed by atoms with Crippen LogP contribution in [-0.4, -0.2) is 23.7 Å². The Morgan fingerprint density at radius 1 is 1.13 bits per heavy atom. The van der Waals surface area contributed by atoms with Crippen molar-refractivity contribution in [3.05, 3.63) is 41.5 Å². The van der Waals surface area contributed by atoms with Gasteiger partial charge in [0.25, 0.3) is 0 Å². The molecule has 2 saturated carbocycles. The van der Waals surface area contributed by atoms with E-state index in [-0.39, 0.29) is 16.8 Å². The number of carbonyl (C=O) groups is 2. The first-order chi connectivity index (χ1) is 14.6. The molecule has 0 aromatic heterocycles. The van der Waals surface area contributed by atoms with Crippen molar-refractivity contribution in [1.82, 2.24) is 0 Å². The Morgan fingerprint density at radius 3 is 2.42 bits per heavy atom. The van der Waals surface area contributed by atoms with Crippen LogP contribution >= 0.6 is 15.9 Å². The number of hydrogen-bond acceptors (Lipinski definition) is 3. The molecule has 170 valence electrons. The van der Waals surface area contributed by atoms with Gasteiger partial charge in [-0.3, -0.25) is 4.79 Å². The first kappa shape index (κ1) is 24.2. The van der Waals surface area contributed by atoms with Crippen LogP contribution in [-0.2, 0) is 9.53 Å². The molecule has 2 aliphatic carbocycles. The van der Waals surface area contributed by atoms with Gasteiger partial charge in [0.1, 0.15) is 5.78 Å². The average molecular weight is 489 g/mol. The normalized spacial score (nSPS) is 29.5. The highest BCUT2D eigenvalue weighted by Crippen LogP contribution is 2.58. The fourth-order valence-electron chi connectivity index (χ4n) is 5.84. The maximum atomic E-state index is 12.9. The number of ketones is 1. The van der Waals surface area contributed by atoms with Crippen LogP contribution in [0.1, 0.15) is 76.2 Å². The van der Waals surface area contributed by atoms with E-state index in [1.54, 1.807) is 0 Å². The minimum atomic E-state index is -0.277. The van der Waals surface area contributed by atoms with E-state index >= 15 is 0 Å². The van der Waals surface area contributed by atoms with Crippen molar-refractivity contribution < 1.29 is 14.3 Å². The van der Waals surface area contributed by atoms with E-state index in [4.69, 9.17) is 4.74 Å². The summed E-state index contributed by atoms with van der Waals surface area (Å²) in [6, 6.07) is 7.61. The van der Waals surface area contributed by atoms with Crippen molar-refractivity contribution in [2.45, 2.75) is 60.3 Å². The number of ether oxygens (including phenoxy) is 1. The number of allylic oxidation sites excluding steroid dienone is 1. The van der Waals surface area contributed by atoms with Crippen LogP contribution in [0.3, 0.4) is 0 Å². The molecule has 2 fully saturated rings. The third-order valence-electron chi connectivity index (χ3n) is 7.88. The zero-order valence-corrected chi connectivity index (χ0v) is 21.2. The summed E-state index contributed by atoms with van der Waals surface area (Å²) in [6.07, 6.45) is 8.66. The van der Waals surface area contributed by atoms with E-state index in [1.807, 2.05) is 31.2 Å². The van der Waals surface area contributed by atoms with E-state index in [1.165, 1.54) is 6.42 Å². The summed E-state index contributed by atoms with van der Waals surface area (Å²) < 4.78 is 5.07. The molecule has 3 nitrogen and oxygen atoms in total. The third-order valence-corrected chi connectivity index (χ3v) is 8.33. The number of Topliss-reactive ketones (excluding diaryl/α,β-unsaturated/α-hetero) is 1. The molecule has 1 aromatic carbocycles. The molecule has 3 rings (SSSR count). The van der Waals surface area contributed by atoms with E-state index in [9.17, 15) is 9.59 Å². The van der Waals surface area contributed by atoms with Crippen molar-refractivity contribution >= 4 is 33.8 Å². The van der Waals surface area contributed by atoms with Crippen molar-refractivity contribution in [3.8, 4) is 0 Å². The summed E-state index contributed by atoms with van der Waals surface area (Å²) in [5, 5.41) is 1.01. The van der Waals surface area contributed by atoms with E-state index in [0.717, 1.165) is 23.7 Å². The summed E-state index contributed by atoms with van der Waals surface area (Å²) in [5.41, 5.74) is 1.51. The molecule has 0 bridgehead atoms. The molecule has 0 saturated heterocycles. The molecule has 2 aliphatic rings. The predicted octanol–water partition coefficient (Wildman–Crippen LogP) is 6.95. The summed E-state index contributed by atoms with van der Waals surface area (Å²) in [6.45, 7) is 11.1. The highest BCUT2D eigenvalue weighted by Gasteiger charge is 2.55. The van der Waals surface area contributed by atoms with Gasteiger partial charge >= 0.3 is 5.97 Å². The SMILES string of the molecule is CCOC(=O)c1ccc(C=CC2CC3C(CC2CCBr)C(C)(C)CC(=O)C3(C)C)cc1. The Labute approximate surface area is 196 Å². The molecule has 0 spiro atoms. The van der Waals surface area contributed by atoms with Gasteiger partial charge in [-0.15, -0.1) is 0 Å². The van der Waals surface area contributed by atoms with Crippen LogP contribution in [0.5, 0.6) is 0 Å². The van der Waals surface area contributed by atoms with Gasteiger partial charge in [0.05, 0.1) is 12.2 Å². The molecule has 0 aliphatic heterocycles. The van der Waals surface area contributed by atoms with Gasteiger partial charge in [-0.2, -0.15) is 0 Å². The molecule has 0 heterocycles. The van der Waals surface area contributed by atoms with Gasteiger partial charge in [-0.25, -0.2) is 4.79 Å². The zero-order valence-electron chi connectivity index (χ0n) is 19.6. The van der Waals surface area contributed by atoms with Crippen LogP contribution in [0, 0.1) is 34.5 Å². The van der Waals surface area contributed by atoms with Crippen LogP contribution in [0.15, 0.2) is 30.3 Å². The molecule has 0 radical (unpaired) electrons. The van der Waals surface area contributed by atoms with E-state index in [2.05, 4.69) is 55.8 Å². The lowest BCUT2D eigenvalue weighted by Gasteiger charge is -2.56. The number of esters is 1. The number of carbonyl (C=O) groups excluding carboxylic acids is 2. The highest BCUT2D eigenvalue weighted by atomic mass is 79.9. The van der Waals surface area contributed by atoms with Crippen molar-refractivity contribution in [3.63, 3.8) is 0 Å². The Balaban J connectivity index is 1.81. The number of halogens is 1. The fourth-order valence-corrected chi connectivity index (χ4v) is 6.43. The molecule has 1 aromatic rings. The minimum absolute atomic E-state index is 0.0828. The lowest BCUT2D eigenvalue weighted by molar-refractivity contribution is -0.149. The van der Waals surface area contributed by atoms with Crippen LogP contribution < -0.4 is 0 Å². The third kappa shape index (κ3) is 5.16. The van der Waals surface area contributed by atoms with Gasteiger partial charge in [-0.05, 0) is 73.0 Å². The second-order valence-corrected chi connectivity index (χ2v) is 11.4. The highest BCUT2D eigenvalue weighted by molar-refractivity contribution is 9.09. The maximum Gasteiger partial charge on any atom is 0.338 e. The molecule has 0 N–H and O–H groups in total. The summed E-state index contributed by atoms with van der Waals surface area (Å²) >= 11 is 3.67. The molecule has 4 atom stereocenters. The molecule has 31 heavy (non-hydrogen) atoms. The minimum Gasteiger partial charge on any atom is -0.462 e. The summed E-state index contributed by atoms with van der Waals surface area (Å²) in [4.78, 5) is 24.8. The van der Waals surface area contributed by atoms with Crippen molar-refractivity contribution in [2.75, 3.05) is 11.9 Å². The smallest absolute Gasteiger partial charge is 0.338 e. The van der Waals surface area contributed by atoms with Crippen LogP contribution in [0.25, 0.3) is 6.08 Å². The average Bonchev–Trinajstić information content (AvgIpc) is 2.72. The van der Waals surface area contributed by atoms with Gasteiger partial charge < -0.3 is 4.74 Å². The zero-order chi connectivity index (χ0) is 22.8. The Bertz CT molecular complexity index is 821. The Kier molecular flexibility index (Phi) is 7.50. The number of rotatable bonds is 6. The van der Waals surface area contributed by atoms with Gasteiger partial charge in [-0.1, -0.05) is 67.9 Å². The first-order valence-corrected chi connectivity index (χ1v) is 12.8. The van der Waals surface area contributed by atoms with E-state index in [0.29, 0.717) is 48.0 Å². The topological polar surface area (TPSA) is 43.4 Å². The number of fused-ring (bicyclic) bond motifs is 1. The monoisotopic (exact) mass is 488 g/mol. The first-order valence-electron chi connectivity index (χ1n) is 11.6.